The number of aromatic nitrogens is 4. The Hall–Kier alpha value is -4.93. The molecule has 0 fully saturated rings. The number of aryl methyl sites for hydroxylation is 5. The van der Waals surface area contributed by atoms with E-state index in [9.17, 15) is 14.7 Å². The lowest BCUT2D eigenvalue weighted by molar-refractivity contribution is -0.109. The van der Waals surface area contributed by atoms with Crippen molar-refractivity contribution >= 4 is 64.0 Å². The summed E-state index contributed by atoms with van der Waals surface area (Å²) in [5, 5.41) is 17.3. The minimum Gasteiger partial charge on any atom is -0.494 e. The Labute approximate surface area is 301 Å². The highest BCUT2D eigenvalue weighted by molar-refractivity contribution is 6.34. The SMILES string of the molecule is Cc1cc(OCCC/C(=C\c2cn(C)c3ccc(C(=O)O)nc23)c2ccc(Cl)c(-c3c(C)ncnc3C)c2N[C@H](C)CNC=O)cc(C)c1Cl. The van der Waals surface area contributed by atoms with Crippen LogP contribution in [0.3, 0.4) is 0 Å². The van der Waals surface area contributed by atoms with Crippen LogP contribution in [-0.2, 0) is 11.8 Å². The summed E-state index contributed by atoms with van der Waals surface area (Å²) in [6, 6.07) is 10.8. The number of fused-ring (bicyclic) bond motifs is 1. The van der Waals surface area contributed by atoms with Crippen LogP contribution in [0.2, 0.25) is 10.0 Å². The molecule has 5 aromatic rings. The lowest BCUT2D eigenvalue weighted by Crippen LogP contribution is -2.30. The van der Waals surface area contributed by atoms with Gasteiger partial charge in [0.25, 0.3) is 0 Å². The normalized spacial score (nSPS) is 12.2. The number of rotatable bonds is 14. The number of anilines is 1. The summed E-state index contributed by atoms with van der Waals surface area (Å²) in [6.07, 6.45) is 7.43. The lowest BCUT2D eigenvalue weighted by atomic mass is 9.91. The highest BCUT2D eigenvalue weighted by Gasteiger charge is 2.23. The predicted octanol–water partition coefficient (Wildman–Crippen LogP) is 8.22. The number of carboxylic acids is 1. The number of allylic oxidation sites excluding steroid dienone is 1. The fraction of sp³-hybridized carbons (Fsp3) is 0.289. The number of benzene rings is 2. The highest BCUT2D eigenvalue weighted by Crippen LogP contribution is 2.44. The van der Waals surface area contributed by atoms with Crippen molar-refractivity contribution in [2.75, 3.05) is 18.5 Å². The summed E-state index contributed by atoms with van der Waals surface area (Å²) < 4.78 is 8.13. The summed E-state index contributed by atoms with van der Waals surface area (Å²) in [5.74, 6) is -0.352. The molecule has 3 N–H and O–H groups in total. The van der Waals surface area contributed by atoms with Crippen LogP contribution >= 0.6 is 23.2 Å². The molecular formula is C38H40Cl2N6O4. The minimum atomic E-state index is -1.10. The number of aromatic carboxylic acids is 1. The molecule has 3 heterocycles. The van der Waals surface area contributed by atoms with Crippen LogP contribution in [-0.4, -0.2) is 56.2 Å². The van der Waals surface area contributed by atoms with E-state index in [0.717, 1.165) is 72.3 Å². The fourth-order valence-electron chi connectivity index (χ4n) is 6.14. The number of ether oxygens (including phenoxy) is 1. The number of halogens is 2. The van der Waals surface area contributed by atoms with Gasteiger partial charge in [-0.15, -0.1) is 0 Å². The standard InChI is InChI=1S/C38H40Cl2N6O4/c1-21-14-28(15-22(2)35(21)40)50-13-7-8-26(16-27-18-46(6)32-12-11-31(38(48)49)45-36(27)32)29-9-10-30(39)34(33-24(4)42-19-43-25(33)5)37(29)44-23(3)17-41-20-47/h9-12,14-16,18-20,23,44H,7-8,13,17H2,1-6H3,(H,41,47)(H,48,49)/b26-16+/t23-/m1/s1. The predicted molar refractivity (Wildman–Crippen MR) is 200 cm³/mol. The first kappa shape index (κ1) is 36.4. The van der Waals surface area contributed by atoms with E-state index in [1.165, 1.54) is 12.4 Å². The zero-order valence-electron chi connectivity index (χ0n) is 28.9. The summed E-state index contributed by atoms with van der Waals surface area (Å²) in [7, 11) is 1.90. The summed E-state index contributed by atoms with van der Waals surface area (Å²) in [6.45, 7) is 10.5. The quantitative estimate of drug-likeness (QED) is 0.0775. The van der Waals surface area contributed by atoms with E-state index in [1.807, 2.05) is 82.8 Å². The molecule has 50 heavy (non-hydrogen) atoms. The Morgan fingerprint density at radius 2 is 1.74 bits per heavy atom. The van der Waals surface area contributed by atoms with Crippen molar-refractivity contribution in [3.63, 3.8) is 0 Å². The van der Waals surface area contributed by atoms with Crippen LogP contribution in [0.4, 0.5) is 5.69 Å². The van der Waals surface area contributed by atoms with Gasteiger partial charge < -0.3 is 25.0 Å². The van der Waals surface area contributed by atoms with Crippen molar-refractivity contribution in [2.45, 2.75) is 53.5 Å². The van der Waals surface area contributed by atoms with Crippen LogP contribution < -0.4 is 15.4 Å². The highest BCUT2D eigenvalue weighted by atomic mass is 35.5. The maximum Gasteiger partial charge on any atom is 0.354 e. The van der Waals surface area contributed by atoms with Gasteiger partial charge >= 0.3 is 5.97 Å². The van der Waals surface area contributed by atoms with Gasteiger partial charge in [0.2, 0.25) is 6.41 Å². The fourth-order valence-corrected chi connectivity index (χ4v) is 6.50. The molecule has 0 saturated heterocycles. The Kier molecular flexibility index (Phi) is 11.4. The van der Waals surface area contributed by atoms with Gasteiger partial charge in [-0.1, -0.05) is 29.3 Å². The summed E-state index contributed by atoms with van der Waals surface area (Å²) in [5.41, 5.74) is 9.66. The lowest BCUT2D eigenvalue weighted by Gasteiger charge is -2.25. The molecule has 1 atom stereocenters. The second-order valence-electron chi connectivity index (χ2n) is 12.4. The van der Waals surface area contributed by atoms with Crippen molar-refractivity contribution in [1.29, 1.82) is 0 Å². The molecule has 0 bridgehead atoms. The van der Waals surface area contributed by atoms with Gasteiger partial charge in [-0.05, 0) is 101 Å². The molecule has 0 saturated carbocycles. The number of hydrogen-bond donors (Lipinski definition) is 3. The first-order valence-electron chi connectivity index (χ1n) is 16.2. The molecule has 0 aliphatic carbocycles. The molecule has 12 heteroatoms. The van der Waals surface area contributed by atoms with Gasteiger partial charge in [-0.3, -0.25) is 4.79 Å². The largest absolute Gasteiger partial charge is 0.494 e. The molecule has 0 aliphatic rings. The maximum atomic E-state index is 11.9. The molecule has 0 unspecified atom stereocenters. The Balaban J connectivity index is 1.67. The summed E-state index contributed by atoms with van der Waals surface area (Å²) >= 11 is 13.4. The van der Waals surface area contributed by atoms with E-state index in [2.05, 4.69) is 25.6 Å². The molecule has 2 aromatic carbocycles. The third-order valence-corrected chi connectivity index (χ3v) is 9.46. The van der Waals surface area contributed by atoms with Gasteiger partial charge in [-0.2, -0.15) is 0 Å². The minimum absolute atomic E-state index is 0.0375. The molecular weight excluding hydrogens is 675 g/mol. The topological polar surface area (TPSA) is 131 Å². The van der Waals surface area contributed by atoms with E-state index in [1.54, 1.807) is 6.07 Å². The van der Waals surface area contributed by atoms with E-state index >= 15 is 0 Å². The molecule has 260 valence electrons. The number of nitrogens with one attached hydrogen (secondary N) is 2. The zero-order chi connectivity index (χ0) is 36.1. The number of carbonyl (C=O) groups excluding carboxylic acids is 1. The number of hydrogen-bond acceptors (Lipinski definition) is 7. The van der Waals surface area contributed by atoms with E-state index in [0.29, 0.717) is 42.9 Å². The van der Waals surface area contributed by atoms with Gasteiger partial charge in [0, 0.05) is 64.5 Å². The van der Waals surface area contributed by atoms with Crippen molar-refractivity contribution in [3.05, 3.63) is 98.3 Å². The Morgan fingerprint density at radius 1 is 1.04 bits per heavy atom. The molecule has 3 aromatic heterocycles. The molecule has 1 amide bonds. The Morgan fingerprint density at radius 3 is 2.40 bits per heavy atom. The van der Waals surface area contributed by atoms with Crippen molar-refractivity contribution in [3.8, 4) is 16.9 Å². The summed E-state index contributed by atoms with van der Waals surface area (Å²) in [4.78, 5) is 36.6. The van der Waals surface area contributed by atoms with Crippen LogP contribution in [0.1, 0.15) is 63.9 Å². The number of nitrogens with zero attached hydrogens (tertiary/aromatic N) is 4. The number of carboxylic acid groups (broad SMARTS) is 1. The van der Waals surface area contributed by atoms with Crippen molar-refractivity contribution in [1.82, 2.24) is 24.8 Å². The van der Waals surface area contributed by atoms with Gasteiger partial charge in [-0.25, -0.2) is 19.7 Å². The number of carbonyl (C=O) groups is 2. The average molecular weight is 716 g/mol. The third kappa shape index (κ3) is 7.93. The second-order valence-corrected chi connectivity index (χ2v) is 13.2. The maximum absolute atomic E-state index is 11.9. The monoisotopic (exact) mass is 714 g/mol. The number of amides is 1. The average Bonchev–Trinajstić information content (AvgIpc) is 3.39. The van der Waals surface area contributed by atoms with Crippen LogP contribution in [0.5, 0.6) is 5.75 Å². The zero-order valence-corrected chi connectivity index (χ0v) is 30.4. The van der Waals surface area contributed by atoms with E-state index in [-0.39, 0.29) is 11.7 Å². The van der Waals surface area contributed by atoms with Gasteiger partial charge in [0.1, 0.15) is 17.8 Å². The molecule has 5 rings (SSSR count). The van der Waals surface area contributed by atoms with Crippen LogP contribution in [0.15, 0.2) is 48.9 Å². The van der Waals surface area contributed by atoms with Gasteiger partial charge in [0.15, 0.2) is 0 Å². The number of pyridine rings is 1. The van der Waals surface area contributed by atoms with E-state index in [4.69, 9.17) is 27.9 Å². The molecule has 0 aliphatic heterocycles. The molecule has 0 spiro atoms. The third-order valence-electron chi connectivity index (χ3n) is 8.55. The van der Waals surface area contributed by atoms with Crippen LogP contribution in [0.25, 0.3) is 33.8 Å². The van der Waals surface area contributed by atoms with Crippen LogP contribution in [0, 0.1) is 27.7 Å². The van der Waals surface area contributed by atoms with E-state index < -0.39 is 5.97 Å². The molecule has 10 nitrogen and oxygen atoms in total. The molecule has 0 radical (unpaired) electrons. The van der Waals surface area contributed by atoms with Crippen molar-refractivity contribution < 1.29 is 19.4 Å². The first-order chi connectivity index (χ1) is 23.9. The second kappa shape index (κ2) is 15.7. The smallest absolute Gasteiger partial charge is 0.354 e. The van der Waals surface area contributed by atoms with Crippen molar-refractivity contribution in [2.24, 2.45) is 7.05 Å². The van der Waals surface area contributed by atoms with Gasteiger partial charge in [0.05, 0.1) is 28.4 Å². The first-order valence-corrected chi connectivity index (χ1v) is 17.0. The Bertz CT molecular complexity index is 2070.